The fourth-order valence-corrected chi connectivity index (χ4v) is 3.45. The van der Waals surface area contributed by atoms with Gasteiger partial charge in [-0.25, -0.2) is 8.42 Å². The lowest BCUT2D eigenvalue weighted by Gasteiger charge is -2.23. The fraction of sp³-hybridized carbons (Fsp3) is 0.350. The van der Waals surface area contributed by atoms with Crippen LogP contribution in [-0.2, 0) is 14.8 Å². The van der Waals surface area contributed by atoms with Crippen molar-refractivity contribution in [2.75, 3.05) is 36.6 Å². The number of sulfonamides is 1. The molecule has 0 saturated heterocycles. The minimum absolute atomic E-state index is 0.0419. The molecule has 0 saturated carbocycles. The van der Waals surface area contributed by atoms with Crippen LogP contribution in [-0.4, -0.2) is 47.4 Å². The number of hydrogen-bond acceptors (Lipinski definition) is 6. The summed E-state index contributed by atoms with van der Waals surface area (Å²) in [6.07, 6.45) is 1.08. The second-order valence-electron chi connectivity index (χ2n) is 6.55. The molecule has 0 aliphatic rings. The van der Waals surface area contributed by atoms with Gasteiger partial charge in [-0.05, 0) is 50.2 Å². The average Bonchev–Trinajstić information content (AvgIpc) is 2.66. The molecule has 0 aromatic heterocycles. The minimum atomic E-state index is -3.71. The Morgan fingerprint density at radius 3 is 2.17 bits per heavy atom. The predicted octanol–water partition coefficient (Wildman–Crippen LogP) is 2.90. The molecular formula is C20H26N2O6S. The SMILES string of the molecule is COc1ccc(N(CC(=O)Nc2ccc(OC(C)C)cc2)S(C)(=O)=O)cc1OC. The van der Waals surface area contributed by atoms with Gasteiger partial charge in [0, 0.05) is 11.8 Å². The molecule has 0 spiro atoms. The van der Waals surface area contributed by atoms with Crippen LogP contribution in [0.25, 0.3) is 0 Å². The average molecular weight is 423 g/mol. The Hall–Kier alpha value is -2.94. The van der Waals surface area contributed by atoms with E-state index < -0.39 is 22.5 Å². The van der Waals surface area contributed by atoms with Gasteiger partial charge in [0.05, 0.1) is 32.3 Å². The van der Waals surface area contributed by atoms with Crippen molar-refractivity contribution in [3.05, 3.63) is 42.5 Å². The van der Waals surface area contributed by atoms with Crippen LogP contribution in [0.2, 0.25) is 0 Å². The van der Waals surface area contributed by atoms with E-state index in [1.165, 1.54) is 20.3 Å². The third-order valence-corrected chi connectivity index (χ3v) is 4.99. The molecule has 9 heteroatoms. The van der Waals surface area contributed by atoms with Crippen molar-refractivity contribution in [3.63, 3.8) is 0 Å². The number of hydrogen-bond donors (Lipinski definition) is 1. The van der Waals surface area contributed by atoms with Crippen molar-refractivity contribution in [2.45, 2.75) is 20.0 Å². The molecule has 0 radical (unpaired) electrons. The lowest BCUT2D eigenvalue weighted by Crippen LogP contribution is -2.37. The second-order valence-corrected chi connectivity index (χ2v) is 8.45. The highest BCUT2D eigenvalue weighted by molar-refractivity contribution is 7.92. The molecule has 2 aromatic rings. The maximum atomic E-state index is 12.5. The molecule has 29 heavy (non-hydrogen) atoms. The first-order valence-corrected chi connectivity index (χ1v) is 10.7. The first-order chi connectivity index (χ1) is 13.6. The molecule has 1 amide bonds. The van der Waals surface area contributed by atoms with E-state index in [9.17, 15) is 13.2 Å². The number of amides is 1. The highest BCUT2D eigenvalue weighted by atomic mass is 32.2. The van der Waals surface area contributed by atoms with E-state index in [0.29, 0.717) is 28.6 Å². The maximum absolute atomic E-state index is 12.5. The van der Waals surface area contributed by atoms with E-state index in [1.807, 2.05) is 13.8 Å². The molecule has 1 N–H and O–H groups in total. The summed E-state index contributed by atoms with van der Waals surface area (Å²) < 4.78 is 41.5. The second kappa shape index (κ2) is 9.51. The smallest absolute Gasteiger partial charge is 0.245 e. The Morgan fingerprint density at radius 1 is 1.03 bits per heavy atom. The summed E-state index contributed by atoms with van der Waals surface area (Å²) in [6, 6.07) is 11.5. The van der Waals surface area contributed by atoms with Gasteiger partial charge < -0.3 is 19.5 Å². The normalized spacial score (nSPS) is 11.1. The van der Waals surface area contributed by atoms with Gasteiger partial charge in [-0.1, -0.05) is 0 Å². The van der Waals surface area contributed by atoms with Gasteiger partial charge in [0.15, 0.2) is 11.5 Å². The maximum Gasteiger partial charge on any atom is 0.245 e. The van der Waals surface area contributed by atoms with E-state index in [0.717, 1.165) is 10.6 Å². The van der Waals surface area contributed by atoms with Crippen LogP contribution in [0.15, 0.2) is 42.5 Å². The van der Waals surface area contributed by atoms with Gasteiger partial charge in [-0.15, -0.1) is 0 Å². The number of carbonyl (C=O) groups excluding carboxylic acids is 1. The van der Waals surface area contributed by atoms with E-state index in [4.69, 9.17) is 14.2 Å². The Morgan fingerprint density at radius 2 is 1.66 bits per heavy atom. The quantitative estimate of drug-likeness (QED) is 0.668. The Bertz CT molecular complexity index is 942. The fourth-order valence-electron chi connectivity index (χ4n) is 2.60. The van der Waals surface area contributed by atoms with Crippen molar-refractivity contribution < 1.29 is 27.4 Å². The van der Waals surface area contributed by atoms with Gasteiger partial charge >= 0.3 is 0 Å². The summed E-state index contributed by atoms with van der Waals surface area (Å²) in [5, 5.41) is 2.69. The molecule has 0 fully saturated rings. The predicted molar refractivity (Wildman–Crippen MR) is 113 cm³/mol. The zero-order valence-electron chi connectivity index (χ0n) is 17.1. The highest BCUT2D eigenvalue weighted by Gasteiger charge is 2.22. The molecule has 0 aliphatic carbocycles. The lowest BCUT2D eigenvalue weighted by atomic mass is 10.2. The lowest BCUT2D eigenvalue weighted by molar-refractivity contribution is -0.114. The van der Waals surface area contributed by atoms with Crippen LogP contribution >= 0.6 is 0 Å². The van der Waals surface area contributed by atoms with Crippen molar-refractivity contribution in [1.29, 1.82) is 0 Å². The van der Waals surface area contributed by atoms with Crippen LogP contribution in [0, 0.1) is 0 Å². The Balaban J connectivity index is 2.17. The number of benzene rings is 2. The van der Waals surface area contributed by atoms with E-state index in [-0.39, 0.29) is 6.10 Å². The number of rotatable bonds is 9. The van der Waals surface area contributed by atoms with Crippen LogP contribution in [0.4, 0.5) is 11.4 Å². The van der Waals surface area contributed by atoms with Gasteiger partial charge in [0.1, 0.15) is 12.3 Å². The van der Waals surface area contributed by atoms with Crippen LogP contribution < -0.4 is 23.8 Å². The summed E-state index contributed by atoms with van der Waals surface area (Å²) in [5.41, 5.74) is 0.827. The molecule has 0 aliphatic heterocycles. The van der Waals surface area contributed by atoms with Gasteiger partial charge in [0.25, 0.3) is 0 Å². The van der Waals surface area contributed by atoms with Crippen molar-refractivity contribution >= 4 is 27.3 Å². The Labute approximate surface area is 171 Å². The topological polar surface area (TPSA) is 94.2 Å². The van der Waals surface area contributed by atoms with Crippen LogP contribution in [0.3, 0.4) is 0 Å². The number of carbonyl (C=O) groups is 1. The van der Waals surface area contributed by atoms with Gasteiger partial charge in [-0.3, -0.25) is 9.10 Å². The summed E-state index contributed by atoms with van der Waals surface area (Å²) in [4.78, 5) is 12.5. The summed E-state index contributed by atoms with van der Waals surface area (Å²) in [7, 11) is -0.781. The van der Waals surface area contributed by atoms with Crippen LogP contribution in [0.5, 0.6) is 17.2 Å². The monoisotopic (exact) mass is 422 g/mol. The molecule has 0 heterocycles. The van der Waals surface area contributed by atoms with Gasteiger partial charge in [-0.2, -0.15) is 0 Å². The molecular weight excluding hydrogens is 396 g/mol. The zero-order chi connectivity index (χ0) is 21.6. The minimum Gasteiger partial charge on any atom is -0.493 e. The number of nitrogens with zero attached hydrogens (tertiary/aromatic N) is 1. The highest BCUT2D eigenvalue weighted by Crippen LogP contribution is 2.32. The summed E-state index contributed by atoms with van der Waals surface area (Å²) in [6.45, 7) is 3.45. The van der Waals surface area contributed by atoms with E-state index >= 15 is 0 Å². The molecule has 2 aromatic carbocycles. The number of anilines is 2. The summed E-state index contributed by atoms with van der Waals surface area (Å²) >= 11 is 0. The standard InChI is InChI=1S/C20H26N2O6S/c1-14(2)28-17-9-6-15(7-10-17)21-20(23)13-22(29(5,24)25)16-8-11-18(26-3)19(12-16)27-4/h6-12,14H,13H2,1-5H3,(H,21,23). The molecule has 8 nitrogen and oxygen atoms in total. The van der Waals surface area contributed by atoms with E-state index in [1.54, 1.807) is 36.4 Å². The molecule has 0 bridgehead atoms. The molecule has 158 valence electrons. The third kappa shape index (κ3) is 6.28. The zero-order valence-corrected chi connectivity index (χ0v) is 17.9. The van der Waals surface area contributed by atoms with Crippen molar-refractivity contribution in [3.8, 4) is 17.2 Å². The van der Waals surface area contributed by atoms with Gasteiger partial charge in [0.2, 0.25) is 15.9 Å². The largest absolute Gasteiger partial charge is 0.493 e. The molecule has 2 rings (SSSR count). The van der Waals surface area contributed by atoms with Crippen LogP contribution in [0.1, 0.15) is 13.8 Å². The molecule has 0 atom stereocenters. The summed E-state index contributed by atoms with van der Waals surface area (Å²) in [5.74, 6) is 1.02. The van der Waals surface area contributed by atoms with Crippen molar-refractivity contribution in [2.24, 2.45) is 0 Å². The van der Waals surface area contributed by atoms with E-state index in [2.05, 4.69) is 5.32 Å². The third-order valence-electron chi connectivity index (χ3n) is 3.85. The first kappa shape index (κ1) is 22.4. The Kier molecular flexibility index (Phi) is 7.33. The number of ether oxygens (including phenoxy) is 3. The number of nitrogens with one attached hydrogen (secondary N) is 1. The number of methoxy groups -OCH3 is 2. The van der Waals surface area contributed by atoms with Crippen molar-refractivity contribution in [1.82, 2.24) is 0 Å². The molecule has 0 unspecified atom stereocenters. The first-order valence-electron chi connectivity index (χ1n) is 8.90.